The quantitative estimate of drug-likeness (QED) is 0.841. The van der Waals surface area contributed by atoms with Gasteiger partial charge < -0.3 is 14.8 Å². The summed E-state index contributed by atoms with van der Waals surface area (Å²) in [4.78, 5) is 6.63. The molecule has 1 aromatic heterocycles. The average molecular weight is 236 g/mol. The first-order chi connectivity index (χ1) is 8.16. The van der Waals surface area contributed by atoms with Crippen molar-refractivity contribution in [2.24, 2.45) is 5.92 Å². The van der Waals surface area contributed by atoms with Crippen LogP contribution in [0.15, 0.2) is 12.5 Å². The maximum Gasteiger partial charge on any atom is 0.0951 e. The number of imidazole rings is 1. The van der Waals surface area contributed by atoms with E-state index in [2.05, 4.69) is 40.7 Å². The fraction of sp³-hybridized carbons (Fsp3) is 0.769. The van der Waals surface area contributed by atoms with Gasteiger partial charge in [-0.1, -0.05) is 0 Å². The van der Waals surface area contributed by atoms with Gasteiger partial charge in [-0.3, -0.25) is 0 Å². The second kappa shape index (κ2) is 5.65. The van der Waals surface area contributed by atoms with E-state index in [4.69, 9.17) is 0 Å². The van der Waals surface area contributed by atoms with Gasteiger partial charge in [0.2, 0.25) is 0 Å². The summed E-state index contributed by atoms with van der Waals surface area (Å²) >= 11 is 0. The minimum Gasteiger partial charge on any atom is -0.331 e. The van der Waals surface area contributed by atoms with Gasteiger partial charge in [0, 0.05) is 25.3 Å². The van der Waals surface area contributed by atoms with E-state index in [0.717, 1.165) is 19.0 Å². The van der Waals surface area contributed by atoms with Gasteiger partial charge in [0.25, 0.3) is 0 Å². The molecule has 1 N–H and O–H groups in total. The van der Waals surface area contributed by atoms with Gasteiger partial charge in [-0.25, -0.2) is 4.98 Å². The molecule has 4 heteroatoms. The normalized spacial score (nSPS) is 21.5. The standard InChI is InChI=1S/C13H24N4/c1-11(2)17-10-15-8-13(17)7-14-6-12-4-5-16(3)9-12/h8,10-12,14H,4-7,9H2,1-3H3. The molecule has 2 heterocycles. The van der Waals surface area contributed by atoms with Gasteiger partial charge >= 0.3 is 0 Å². The van der Waals surface area contributed by atoms with E-state index in [1.807, 2.05) is 12.5 Å². The van der Waals surface area contributed by atoms with Crippen molar-refractivity contribution in [1.29, 1.82) is 0 Å². The van der Waals surface area contributed by atoms with Crippen molar-refractivity contribution in [3.05, 3.63) is 18.2 Å². The van der Waals surface area contributed by atoms with Crippen LogP contribution in [0.5, 0.6) is 0 Å². The Hall–Kier alpha value is -0.870. The molecule has 1 atom stereocenters. The molecule has 1 unspecified atom stereocenters. The lowest BCUT2D eigenvalue weighted by atomic mass is 10.1. The van der Waals surface area contributed by atoms with Crippen LogP contribution in [0.1, 0.15) is 32.0 Å². The van der Waals surface area contributed by atoms with Crippen molar-refractivity contribution in [2.45, 2.75) is 32.9 Å². The van der Waals surface area contributed by atoms with Crippen molar-refractivity contribution >= 4 is 0 Å². The van der Waals surface area contributed by atoms with Gasteiger partial charge in [-0.2, -0.15) is 0 Å². The van der Waals surface area contributed by atoms with E-state index in [-0.39, 0.29) is 0 Å². The number of hydrogen-bond donors (Lipinski definition) is 1. The van der Waals surface area contributed by atoms with E-state index in [1.165, 1.54) is 25.2 Å². The second-order valence-corrected chi connectivity index (χ2v) is 5.43. The Kier molecular flexibility index (Phi) is 4.18. The number of nitrogens with zero attached hydrogens (tertiary/aromatic N) is 3. The molecule has 1 aromatic rings. The first-order valence-corrected chi connectivity index (χ1v) is 6.56. The molecule has 1 aliphatic rings. The third-order valence-electron chi connectivity index (χ3n) is 3.53. The highest BCUT2D eigenvalue weighted by Crippen LogP contribution is 2.13. The van der Waals surface area contributed by atoms with E-state index in [0.29, 0.717) is 6.04 Å². The topological polar surface area (TPSA) is 33.1 Å². The summed E-state index contributed by atoms with van der Waals surface area (Å²) < 4.78 is 2.23. The molecular weight excluding hydrogens is 212 g/mol. The van der Waals surface area contributed by atoms with Gasteiger partial charge in [0.05, 0.1) is 12.0 Å². The summed E-state index contributed by atoms with van der Waals surface area (Å²) in [6.45, 7) is 8.91. The lowest BCUT2D eigenvalue weighted by molar-refractivity contribution is 0.387. The SMILES string of the molecule is CC(C)n1cncc1CNCC1CCN(C)C1. The van der Waals surface area contributed by atoms with Crippen LogP contribution in [0.2, 0.25) is 0 Å². The van der Waals surface area contributed by atoms with Gasteiger partial charge in [0.15, 0.2) is 0 Å². The highest BCUT2D eigenvalue weighted by molar-refractivity contribution is 4.99. The van der Waals surface area contributed by atoms with Crippen LogP contribution >= 0.6 is 0 Å². The molecule has 1 fully saturated rings. The Bertz CT molecular complexity index is 345. The molecule has 0 amide bonds. The minimum atomic E-state index is 0.493. The smallest absolute Gasteiger partial charge is 0.0951 e. The van der Waals surface area contributed by atoms with Crippen molar-refractivity contribution in [3.63, 3.8) is 0 Å². The zero-order chi connectivity index (χ0) is 12.3. The molecule has 17 heavy (non-hydrogen) atoms. The summed E-state index contributed by atoms with van der Waals surface area (Å²) in [7, 11) is 2.20. The zero-order valence-electron chi connectivity index (χ0n) is 11.2. The lowest BCUT2D eigenvalue weighted by Crippen LogP contribution is -2.25. The average Bonchev–Trinajstić information content (AvgIpc) is 2.87. The summed E-state index contributed by atoms with van der Waals surface area (Å²) in [5, 5.41) is 3.56. The monoisotopic (exact) mass is 236 g/mol. The largest absolute Gasteiger partial charge is 0.331 e. The minimum absolute atomic E-state index is 0.493. The fourth-order valence-corrected chi connectivity index (χ4v) is 2.53. The van der Waals surface area contributed by atoms with Crippen molar-refractivity contribution in [2.75, 3.05) is 26.7 Å². The van der Waals surface area contributed by atoms with Crippen LogP contribution in [-0.2, 0) is 6.54 Å². The Morgan fingerprint density at radius 1 is 1.53 bits per heavy atom. The van der Waals surface area contributed by atoms with Gasteiger partial charge in [-0.15, -0.1) is 0 Å². The first-order valence-electron chi connectivity index (χ1n) is 6.56. The van der Waals surface area contributed by atoms with Crippen molar-refractivity contribution < 1.29 is 0 Å². The molecule has 0 bridgehead atoms. The molecule has 1 saturated heterocycles. The van der Waals surface area contributed by atoms with E-state index in [9.17, 15) is 0 Å². The van der Waals surface area contributed by atoms with Crippen molar-refractivity contribution in [1.82, 2.24) is 19.8 Å². The fourth-order valence-electron chi connectivity index (χ4n) is 2.53. The molecule has 0 radical (unpaired) electrons. The number of rotatable bonds is 5. The number of likely N-dealkylation sites (tertiary alicyclic amines) is 1. The Labute approximate surface area is 104 Å². The number of aromatic nitrogens is 2. The van der Waals surface area contributed by atoms with Gasteiger partial charge in [-0.05, 0) is 46.3 Å². The number of nitrogens with one attached hydrogen (secondary N) is 1. The molecule has 4 nitrogen and oxygen atoms in total. The molecule has 0 spiro atoms. The first kappa shape index (κ1) is 12.6. The molecular formula is C13H24N4. The third-order valence-corrected chi connectivity index (χ3v) is 3.53. The van der Waals surface area contributed by atoms with Crippen LogP contribution in [0.25, 0.3) is 0 Å². The molecule has 96 valence electrons. The van der Waals surface area contributed by atoms with E-state index >= 15 is 0 Å². The summed E-state index contributed by atoms with van der Waals surface area (Å²) in [5.41, 5.74) is 1.28. The second-order valence-electron chi connectivity index (χ2n) is 5.43. The maximum absolute atomic E-state index is 4.22. The van der Waals surface area contributed by atoms with E-state index < -0.39 is 0 Å². The molecule has 1 aliphatic heterocycles. The predicted molar refractivity (Wildman–Crippen MR) is 69.9 cm³/mol. The summed E-state index contributed by atoms with van der Waals surface area (Å²) in [6, 6.07) is 0.493. The highest BCUT2D eigenvalue weighted by atomic mass is 15.1. The van der Waals surface area contributed by atoms with Crippen LogP contribution in [0, 0.1) is 5.92 Å². The number of hydrogen-bond acceptors (Lipinski definition) is 3. The summed E-state index contributed by atoms with van der Waals surface area (Å²) in [6.07, 6.45) is 5.21. The Morgan fingerprint density at radius 3 is 3.00 bits per heavy atom. The van der Waals surface area contributed by atoms with Crippen molar-refractivity contribution in [3.8, 4) is 0 Å². The maximum atomic E-state index is 4.22. The van der Waals surface area contributed by atoms with E-state index in [1.54, 1.807) is 0 Å². The van der Waals surface area contributed by atoms with Crippen LogP contribution in [0.4, 0.5) is 0 Å². The molecule has 0 saturated carbocycles. The Balaban J connectivity index is 1.76. The third kappa shape index (κ3) is 3.30. The van der Waals surface area contributed by atoms with Gasteiger partial charge in [0.1, 0.15) is 0 Å². The van der Waals surface area contributed by atoms with Crippen LogP contribution < -0.4 is 5.32 Å². The Morgan fingerprint density at radius 2 is 2.35 bits per heavy atom. The molecule has 0 aliphatic carbocycles. The summed E-state index contributed by atoms with van der Waals surface area (Å²) in [5.74, 6) is 0.815. The molecule has 0 aromatic carbocycles. The predicted octanol–water partition coefficient (Wildman–Crippen LogP) is 1.51. The molecule has 2 rings (SSSR count). The highest BCUT2D eigenvalue weighted by Gasteiger charge is 2.18. The van der Waals surface area contributed by atoms with Crippen LogP contribution in [-0.4, -0.2) is 41.1 Å². The lowest BCUT2D eigenvalue weighted by Gasteiger charge is -2.14. The zero-order valence-corrected chi connectivity index (χ0v) is 11.2. The van der Waals surface area contributed by atoms with Crippen LogP contribution in [0.3, 0.4) is 0 Å².